The molecule has 0 saturated heterocycles. The largest absolute Gasteiger partial charge is 0.464 e. The molecule has 120 valence electrons. The molecular formula is C16H16N2O3S2. The van der Waals surface area contributed by atoms with Crippen LogP contribution < -0.4 is 10.5 Å². The first-order valence-corrected chi connectivity index (χ1v) is 9.35. The average molecular weight is 348 g/mol. The molecule has 0 aliphatic heterocycles. The zero-order chi connectivity index (χ0) is 16.4. The lowest BCUT2D eigenvalue weighted by Crippen LogP contribution is -2.12. The Bertz CT molecular complexity index is 913. The van der Waals surface area contributed by atoms with Crippen LogP contribution in [0.1, 0.15) is 5.56 Å². The fraction of sp³-hybridized carbons (Fsp3) is 0.125. The zero-order valence-corrected chi connectivity index (χ0v) is 14.1. The number of rotatable bonds is 5. The highest BCUT2D eigenvalue weighted by atomic mass is 32.2. The van der Waals surface area contributed by atoms with E-state index >= 15 is 0 Å². The monoisotopic (exact) mass is 348 g/mol. The third-order valence-electron chi connectivity index (χ3n) is 3.43. The van der Waals surface area contributed by atoms with Crippen LogP contribution in [0.4, 0.5) is 0 Å². The first kappa shape index (κ1) is 15.9. The maximum atomic E-state index is 11.8. The molecule has 0 atom stereocenters. The van der Waals surface area contributed by atoms with Crippen LogP contribution in [-0.2, 0) is 16.6 Å². The van der Waals surface area contributed by atoms with Crippen molar-refractivity contribution in [1.82, 2.24) is 5.32 Å². The van der Waals surface area contributed by atoms with Gasteiger partial charge in [-0.2, -0.15) is 0 Å². The van der Waals surface area contributed by atoms with Gasteiger partial charge in [0, 0.05) is 17.7 Å². The lowest BCUT2D eigenvalue weighted by atomic mass is 10.0. The number of primary sulfonamides is 1. The molecule has 0 bridgehead atoms. The minimum absolute atomic E-state index is 0.136. The van der Waals surface area contributed by atoms with Gasteiger partial charge in [0.2, 0.25) is 10.0 Å². The van der Waals surface area contributed by atoms with Crippen molar-refractivity contribution in [2.45, 2.75) is 11.4 Å². The molecule has 0 saturated carbocycles. The fourth-order valence-corrected chi connectivity index (χ4v) is 4.49. The summed E-state index contributed by atoms with van der Waals surface area (Å²) in [5, 5.41) is 10.2. The Labute approximate surface area is 138 Å². The van der Waals surface area contributed by atoms with Gasteiger partial charge in [-0.25, -0.2) is 13.6 Å². The van der Waals surface area contributed by atoms with Crippen molar-refractivity contribution in [1.29, 1.82) is 0 Å². The second-order valence-corrected chi connectivity index (χ2v) is 7.49. The van der Waals surface area contributed by atoms with Crippen LogP contribution in [0.5, 0.6) is 0 Å². The van der Waals surface area contributed by atoms with E-state index < -0.39 is 10.0 Å². The Morgan fingerprint density at radius 2 is 2.04 bits per heavy atom. The molecule has 0 unspecified atom stereocenters. The smallest absolute Gasteiger partial charge is 0.239 e. The number of benzene rings is 1. The summed E-state index contributed by atoms with van der Waals surface area (Å²) in [7, 11) is -1.90. The molecule has 0 amide bonds. The molecule has 2 heterocycles. The summed E-state index contributed by atoms with van der Waals surface area (Å²) in [6, 6.07) is 11.1. The van der Waals surface area contributed by atoms with E-state index in [-0.39, 0.29) is 4.90 Å². The van der Waals surface area contributed by atoms with E-state index in [1.165, 1.54) is 17.4 Å². The minimum atomic E-state index is -3.78. The topological polar surface area (TPSA) is 85.3 Å². The van der Waals surface area contributed by atoms with Gasteiger partial charge in [0.05, 0.1) is 11.1 Å². The number of nitrogens with two attached hydrogens (primary N) is 1. The Balaban J connectivity index is 2.22. The fourth-order valence-electron chi connectivity index (χ4n) is 2.46. The van der Waals surface area contributed by atoms with Crippen molar-refractivity contribution in [3.8, 4) is 21.8 Å². The Kier molecular flexibility index (Phi) is 4.36. The van der Waals surface area contributed by atoms with Crippen LogP contribution in [0, 0.1) is 0 Å². The second kappa shape index (κ2) is 6.29. The summed E-state index contributed by atoms with van der Waals surface area (Å²) in [5.74, 6) is 0.687. The Morgan fingerprint density at radius 1 is 1.22 bits per heavy atom. The summed E-state index contributed by atoms with van der Waals surface area (Å²) in [4.78, 5) is 0.756. The number of furan rings is 1. The van der Waals surface area contributed by atoms with E-state index in [0.717, 1.165) is 16.7 Å². The van der Waals surface area contributed by atoms with E-state index in [2.05, 4.69) is 5.32 Å². The maximum absolute atomic E-state index is 11.8. The van der Waals surface area contributed by atoms with E-state index in [4.69, 9.17) is 9.56 Å². The molecule has 3 N–H and O–H groups in total. The molecule has 0 fully saturated rings. The van der Waals surface area contributed by atoms with Gasteiger partial charge < -0.3 is 9.73 Å². The third kappa shape index (κ3) is 3.23. The molecule has 3 aromatic rings. The van der Waals surface area contributed by atoms with Gasteiger partial charge in [-0.05, 0) is 42.3 Å². The third-order valence-corrected chi connectivity index (χ3v) is 5.46. The standard InChI is InChI=1S/C16H16N2O3S2/c1-18-10-11-4-5-12(13(9-11)14-3-2-7-21-14)16-15(6-8-22-16)23(17,19)20/h2-9,18H,10H2,1H3,(H2,17,19,20). The molecule has 0 radical (unpaired) electrons. The number of sulfonamides is 1. The van der Waals surface area contributed by atoms with Crippen molar-refractivity contribution >= 4 is 21.4 Å². The highest BCUT2D eigenvalue weighted by molar-refractivity contribution is 7.89. The summed E-state index contributed by atoms with van der Waals surface area (Å²) in [5.41, 5.74) is 2.71. The van der Waals surface area contributed by atoms with Gasteiger partial charge in [-0.1, -0.05) is 12.1 Å². The number of thiophene rings is 1. The molecule has 2 aromatic heterocycles. The van der Waals surface area contributed by atoms with Crippen molar-refractivity contribution in [3.63, 3.8) is 0 Å². The summed E-state index contributed by atoms with van der Waals surface area (Å²) >= 11 is 1.34. The normalized spacial score (nSPS) is 11.7. The van der Waals surface area contributed by atoms with Crippen molar-refractivity contribution in [2.24, 2.45) is 5.14 Å². The van der Waals surface area contributed by atoms with Gasteiger partial charge in [-0.15, -0.1) is 11.3 Å². The first-order chi connectivity index (χ1) is 11.0. The van der Waals surface area contributed by atoms with E-state index in [9.17, 15) is 8.42 Å². The molecule has 5 nitrogen and oxygen atoms in total. The van der Waals surface area contributed by atoms with Crippen molar-refractivity contribution in [2.75, 3.05) is 7.05 Å². The average Bonchev–Trinajstić information content (AvgIpc) is 3.18. The molecule has 23 heavy (non-hydrogen) atoms. The molecule has 0 spiro atoms. The predicted octanol–water partition coefficient (Wildman–Crippen LogP) is 3.04. The molecule has 3 rings (SSSR count). The lowest BCUT2D eigenvalue weighted by molar-refractivity contribution is 0.582. The second-order valence-electron chi connectivity index (χ2n) is 5.05. The van der Waals surface area contributed by atoms with Crippen LogP contribution in [0.15, 0.2) is 57.4 Å². The van der Waals surface area contributed by atoms with Crippen LogP contribution in [-0.4, -0.2) is 15.5 Å². The van der Waals surface area contributed by atoms with E-state index in [0.29, 0.717) is 17.2 Å². The van der Waals surface area contributed by atoms with Crippen molar-refractivity contribution in [3.05, 3.63) is 53.6 Å². The van der Waals surface area contributed by atoms with E-state index in [1.54, 1.807) is 17.7 Å². The Hall–Kier alpha value is -1.93. The Morgan fingerprint density at radius 3 is 2.70 bits per heavy atom. The molecular weight excluding hydrogens is 332 g/mol. The molecule has 0 aliphatic rings. The van der Waals surface area contributed by atoms with Gasteiger partial charge in [0.15, 0.2) is 0 Å². The van der Waals surface area contributed by atoms with Gasteiger partial charge >= 0.3 is 0 Å². The van der Waals surface area contributed by atoms with Gasteiger partial charge in [0.1, 0.15) is 10.7 Å². The van der Waals surface area contributed by atoms with Crippen molar-refractivity contribution < 1.29 is 12.8 Å². The molecule has 1 aromatic carbocycles. The summed E-state index contributed by atoms with van der Waals surface area (Å²) < 4.78 is 29.1. The SMILES string of the molecule is CNCc1ccc(-c2sccc2S(N)(=O)=O)c(-c2ccco2)c1. The van der Waals surface area contributed by atoms with E-state index in [1.807, 2.05) is 31.3 Å². The van der Waals surface area contributed by atoms with Crippen LogP contribution in [0.3, 0.4) is 0 Å². The lowest BCUT2D eigenvalue weighted by Gasteiger charge is -2.10. The van der Waals surface area contributed by atoms with Gasteiger partial charge in [-0.3, -0.25) is 0 Å². The maximum Gasteiger partial charge on any atom is 0.239 e. The molecule has 7 heteroatoms. The molecule has 0 aliphatic carbocycles. The number of hydrogen-bond acceptors (Lipinski definition) is 5. The highest BCUT2D eigenvalue weighted by Crippen LogP contribution is 2.39. The van der Waals surface area contributed by atoms with Crippen LogP contribution in [0.25, 0.3) is 21.8 Å². The summed E-state index contributed by atoms with van der Waals surface area (Å²) in [6.45, 7) is 0.709. The van der Waals surface area contributed by atoms with Crippen LogP contribution >= 0.6 is 11.3 Å². The predicted molar refractivity (Wildman–Crippen MR) is 91.6 cm³/mol. The summed E-state index contributed by atoms with van der Waals surface area (Å²) in [6.07, 6.45) is 1.60. The number of nitrogens with one attached hydrogen (secondary N) is 1. The van der Waals surface area contributed by atoms with Crippen LogP contribution in [0.2, 0.25) is 0 Å². The highest BCUT2D eigenvalue weighted by Gasteiger charge is 2.20. The van der Waals surface area contributed by atoms with Gasteiger partial charge in [0.25, 0.3) is 0 Å². The minimum Gasteiger partial charge on any atom is -0.464 e. The first-order valence-electron chi connectivity index (χ1n) is 6.93. The quantitative estimate of drug-likeness (QED) is 0.742. The zero-order valence-electron chi connectivity index (χ0n) is 12.4. The number of hydrogen-bond donors (Lipinski definition) is 2.